The van der Waals surface area contributed by atoms with Gasteiger partial charge >= 0.3 is 0 Å². The molecule has 0 aliphatic heterocycles. The van der Waals surface area contributed by atoms with Crippen LogP contribution in [0.2, 0.25) is 10.0 Å². The van der Waals surface area contributed by atoms with E-state index < -0.39 is 0 Å². The average molecular weight is 493 g/mol. The number of ether oxygens (including phenoxy) is 1. The van der Waals surface area contributed by atoms with Gasteiger partial charge < -0.3 is 10.1 Å². The highest BCUT2D eigenvalue weighted by Gasteiger charge is 2.20. The van der Waals surface area contributed by atoms with Crippen molar-refractivity contribution in [3.63, 3.8) is 0 Å². The molecule has 0 saturated heterocycles. The van der Waals surface area contributed by atoms with Crippen LogP contribution in [0.5, 0.6) is 5.75 Å². The smallest absolute Gasteiger partial charge is 0.220 e. The molecule has 3 rings (SSSR count). The first-order valence-electron chi connectivity index (χ1n) is 10.1. The van der Waals surface area contributed by atoms with Crippen molar-refractivity contribution in [1.29, 1.82) is 0 Å². The lowest BCUT2D eigenvalue weighted by Crippen LogP contribution is -2.28. The summed E-state index contributed by atoms with van der Waals surface area (Å²) in [7, 11) is 1.64. The van der Waals surface area contributed by atoms with Crippen LogP contribution in [-0.4, -0.2) is 27.8 Å². The van der Waals surface area contributed by atoms with E-state index in [0.717, 1.165) is 11.3 Å². The molecule has 3 aromatic rings. The summed E-state index contributed by atoms with van der Waals surface area (Å²) in [4.78, 5) is 12.3. The second-order valence-electron chi connectivity index (χ2n) is 8.48. The maximum absolute atomic E-state index is 12.3. The lowest BCUT2D eigenvalue weighted by atomic mass is 9.92. The Balaban J connectivity index is 1.87. The quantitative estimate of drug-likeness (QED) is 0.394. The summed E-state index contributed by atoms with van der Waals surface area (Å²) in [6.07, 6.45) is 0.417. The summed E-state index contributed by atoms with van der Waals surface area (Å²) in [5.74, 6) is 2.01. The molecule has 32 heavy (non-hydrogen) atoms. The number of amides is 1. The van der Waals surface area contributed by atoms with Gasteiger partial charge in [0.25, 0.3) is 0 Å². The van der Waals surface area contributed by atoms with Gasteiger partial charge in [-0.15, -0.1) is 10.2 Å². The zero-order chi connectivity index (χ0) is 23.3. The van der Waals surface area contributed by atoms with Gasteiger partial charge in [-0.3, -0.25) is 9.36 Å². The lowest BCUT2D eigenvalue weighted by molar-refractivity contribution is -0.123. The molecule has 1 aromatic heterocycles. The molecule has 0 aliphatic rings. The highest BCUT2D eigenvalue weighted by atomic mass is 35.5. The number of methoxy groups -OCH3 is 1. The van der Waals surface area contributed by atoms with Crippen LogP contribution in [0.1, 0.15) is 38.6 Å². The molecule has 0 fully saturated rings. The molecular weight excluding hydrogens is 467 g/mol. The van der Waals surface area contributed by atoms with Gasteiger partial charge in [0.2, 0.25) is 5.91 Å². The molecule has 2 aromatic carbocycles. The number of nitrogens with one attached hydrogen (secondary N) is 1. The average Bonchev–Trinajstić information content (AvgIpc) is 3.12. The van der Waals surface area contributed by atoms with Gasteiger partial charge in [-0.1, -0.05) is 67.9 Å². The number of thioether (sulfide) groups is 1. The molecule has 1 N–H and O–H groups in total. The topological polar surface area (TPSA) is 69.0 Å². The summed E-state index contributed by atoms with van der Waals surface area (Å²) < 4.78 is 7.17. The van der Waals surface area contributed by atoms with E-state index in [1.807, 2.05) is 55.7 Å². The fourth-order valence-corrected chi connectivity index (χ4v) is 4.44. The minimum absolute atomic E-state index is 0.0418. The maximum atomic E-state index is 12.3. The van der Waals surface area contributed by atoms with Gasteiger partial charge in [0.05, 0.1) is 24.4 Å². The van der Waals surface area contributed by atoms with Crippen LogP contribution in [0.3, 0.4) is 0 Å². The van der Waals surface area contributed by atoms with Crippen molar-refractivity contribution >= 4 is 40.9 Å². The Kier molecular flexibility index (Phi) is 8.09. The van der Waals surface area contributed by atoms with Crippen molar-refractivity contribution in [3.8, 4) is 11.4 Å². The number of halogens is 2. The molecule has 0 saturated carbocycles. The van der Waals surface area contributed by atoms with Crippen LogP contribution in [-0.2, 0) is 17.1 Å². The number of benzene rings is 2. The largest absolute Gasteiger partial charge is 0.497 e. The van der Waals surface area contributed by atoms with Crippen LogP contribution in [0, 0.1) is 5.41 Å². The number of aromatic nitrogens is 3. The molecule has 170 valence electrons. The Morgan fingerprint density at radius 2 is 1.94 bits per heavy atom. The molecule has 0 atom stereocenters. The molecule has 1 heterocycles. The predicted molar refractivity (Wildman–Crippen MR) is 130 cm³/mol. The monoisotopic (exact) mass is 492 g/mol. The number of hydrogen-bond donors (Lipinski definition) is 1. The summed E-state index contributed by atoms with van der Waals surface area (Å²) in [6.45, 7) is 6.31. The molecule has 0 bridgehead atoms. The Morgan fingerprint density at radius 3 is 2.62 bits per heavy atom. The Hall–Kier alpha value is -2.22. The first kappa shape index (κ1) is 24.4. The zero-order valence-electron chi connectivity index (χ0n) is 18.5. The molecule has 0 unspecified atom stereocenters. The van der Waals surface area contributed by atoms with Crippen LogP contribution in [0.15, 0.2) is 47.6 Å². The fourth-order valence-electron chi connectivity index (χ4n) is 3.04. The SMILES string of the molecule is COc1cccc(CSc2nnc(CNC(=O)CC(C)(C)C)n2-c2ccc(Cl)cc2Cl)c1. The van der Waals surface area contributed by atoms with Crippen molar-refractivity contribution in [2.75, 3.05) is 7.11 Å². The first-order chi connectivity index (χ1) is 15.2. The van der Waals surface area contributed by atoms with Crippen molar-refractivity contribution in [2.45, 2.75) is 44.6 Å². The highest BCUT2D eigenvalue weighted by molar-refractivity contribution is 7.98. The van der Waals surface area contributed by atoms with Gasteiger partial charge in [-0.25, -0.2) is 0 Å². The predicted octanol–water partition coefficient (Wildman–Crippen LogP) is 5.93. The van der Waals surface area contributed by atoms with Crippen LogP contribution >= 0.6 is 35.0 Å². The van der Waals surface area contributed by atoms with Crippen LogP contribution in [0.4, 0.5) is 0 Å². The molecule has 9 heteroatoms. The molecule has 0 radical (unpaired) electrons. The molecule has 1 amide bonds. The summed E-state index contributed by atoms with van der Waals surface area (Å²) in [6, 6.07) is 13.1. The lowest BCUT2D eigenvalue weighted by Gasteiger charge is -2.17. The van der Waals surface area contributed by atoms with Gasteiger partial charge in [0.1, 0.15) is 5.75 Å². The fraction of sp³-hybridized carbons (Fsp3) is 0.348. The molecule has 0 spiro atoms. The number of hydrogen-bond acceptors (Lipinski definition) is 5. The van der Waals surface area contributed by atoms with Crippen molar-refractivity contribution in [3.05, 3.63) is 63.9 Å². The first-order valence-corrected chi connectivity index (χ1v) is 11.8. The summed E-state index contributed by atoms with van der Waals surface area (Å²) in [5.41, 5.74) is 1.69. The van der Waals surface area contributed by atoms with Gasteiger partial charge in [0.15, 0.2) is 11.0 Å². The zero-order valence-corrected chi connectivity index (χ0v) is 20.8. The van der Waals surface area contributed by atoms with Crippen LogP contribution < -0.4 is 10.1 Å². The van der Waals surface area contributed by atoms with Crippen LogP contribution in [0.25, 0.3) is 5.69 Å². The van der Waals surface area contributed by atoms with E-state index in [-0.39, 0.29) is 17.9 Å². The highest BCUT2D eigenvalue weighted by Crippen LogP contribution is 2.31. The third kappa shape index (κ3) is 6.64. The standard InChI is InChI=1S/C23H26Cl2N4O2S/c1-23(2,3)12-21(30)26-13-20-27-28-22(29(20)19-9-8-16(24)11-18(19)25)32-14-15-6-5-7-17(10-15)31-4/h5-11H,12-14H2,1-4H3,(H,26,30). The van der Waals surface area contributed by atoms with E-state index in [1.54, 1.807) is 19.2 Å². The Morgan fingerprint density at radius 1 is 1.16 bits per heavy atom. The minimum Gasteiger partial charge on any atom is -0.497 e. The third-order valence-corrected chi connectivity index (χ3v) is 6.03. The summed E-state index contributed by atoms with van der Waals surface area (Å²) in [5, 5.41) is 13.3. The second-order valence-corrected chi connectivity index (χ2v) is 10.3. The van der Waals surface area contributed by atoms with E-state index in [4.69, 9.17) is 27.9 Å². The van der Waals surface area contributed by atoms with Gasteiger partial charge in [-0.05, 0) is 41.3 Å². The van der Waals surface area contributed by atoms with Crippen molar-refractivity contribution in [1.82, 2.24) is 20.1 Å². The van der Waals surface area contributed by atoms with E-state index in [1.165, 1.54) is 11.8 Å². The van der Waals surface area contributed by atoms with Crippen molar-refractivity contribution in [2.24, 2.45) is 5.41 Å². The summed E-state index contributed by atoms with van der Waals surface area (Å²) >= 11 is 14.1. The van der Waals surface area contributed by atoms with Gasteiger partial charge in [-0.2, -0.15) is 0 Å². The van der Waals surface area contributed by atoms with E-state index in [9.17, 15) is 4.79 Å². The van der Waals surface area contributed by atoms with E-state index >= 15 is 0 Å². The second kappa shape index (κ2) is 10.6. The Bertz CT molecular complexity index is 1100. The normalized spacial score (nSPS) is 11.4. The molecular formula is C23H26Cl2N4O2S. The van der Waals surface area contributed by atoms with E-state index in [2.05, 4.69) is 15.5 Å². The number of carbonyl (C=O) groups is 1. The minimum atomic E-state index is -0.102. The number of nitrogens with zero attached hydrogens (tertiary/aromatic N) is 3. The number of carbonyl (C=O) groups excluding carboxylic acids is 1. The maximum Gasteiger partial charge on any atom is 0.220 e. The molecule has 0 aliphatic carbocycles. The van der Waals surface area contributed by atoms with E-state index in [0.29, 0.717) is 38.9 Å². The Labute approximate surface area is 202 Å². The van der Waals surface area contributed by atoms with Gasteiger partial charge in [0, 0.05) is 17.2 Å². The van der Waals surface area contributed by atoms with Crippen molar-refractivity contribution < 1.29 is 9.53 Å². The third-order valence-electron chi connectivity index (χ3n) is 4.49. The molecule has 6 nitrogen and oxygen atoms in total. The number of rotatable bonds is 8.